The molecule has 0 amide bonds. The van der Waals surface area contributed by atoms with E-state index >= 15 is 0 Å². The molecule has 0 spiro atoms. The van der Waals surface area contributed by atoms with Crippen molar-refractivity contribution >= 4 is 15.9 Å². The molecule has 0 heterocycles. The molecule has 3 heteroatoms. The number of hydrogen-bond acceptors (Lipinski definition) is 2. The molecule has 0 aliphatic rings. The third-order valence-corrected chi connectivity index (χ3v) is 2.35. The molecule has 0 aliphatic carbocycles. The standard InChI is InChI=1S/C9H13BrN2/c1-2-9(12-11)7-4-3-5-8(10)6-7/h3-6,9,12H,2,11H2,1H3/t9-/m0/s1. The maximum Gasteiger partial charge on any atom is 0.0457 e. The van der Waals surface area contributed by atoms with Crippen molar-refractivity contribution in [1.82, 2.24) is 5.43 Å². The van der Waals surface area contributed by atoms with Crippen LogP contribution in [-0.4, -0.2) is 0 Å². The smallest absolute Gasteiger partial charge is 0.0457 e. The first-order valence-electron chi connectivity index (χ1n) is 3.99. The van der Waals surface area contributed by atoms with Gasteiger partial charge in [-0.25, -0.2) is 0 Å². The van der Waals surface area contributed by atoms with Gasteiger partial charge < -0.3 is 0 Å². The highest BCUT2D eigenvalue weighted by molar-refractivity contribution is 9.10. The molecule has 1 rings (SSSR count). The second kappa shape index (κ2) is 4.60. The lowest BCUT2D eigenvalue weighted by molar-refractivity contribution is 0.539. The Hall–Kier alpha value is -0.380. The quantitative estimate of drug-likeness (QED) is 0.616. The van der Waals surface area contributed by atoms with Gasteiger partial charge in [-0.05, 0) is 24.1 Å². The van der Waals surface area contributed by atoms with Crippen molar-refractivity contribution in [2.75, 3.05) is 0 Å². The van der Waals surface area contributed by atoms with Crippen LogP contribution in [-0.2, 0) is 0 Å². The fraction of sp³-hybridized carbons (Fsp3) is 0.333. The average molecular weight is 229 g/mol. The number of nitrogens with two attached hydrogens (primary N) is 1. The van der Waals surface area contributed by atoms with Crippen molar-refractivity contribution in [2.24, 2.45) is 5.84 Å². The van der Waals surface area contributed by atoms with Crippen LogP contribution < -0.4 is 11.3 Å². The number of nitrogens with one attached hydrogen (secondary N) is 1. The van der Waals surface area contributed by atoms with Crippen LogP contribution in [0.3, 0.4) is 0 Å². The molecule has 1 aromatic rings. The van der Waals surface area contributed by atoms with E-state index in [2.05, 4.69) is 40.4 Å². The third kappa shape index (κ3) is 2.30. The Morgan fingerprint density at radius 3 is 2.83 bits per heavy atom. The Morgan fingerprint density at radius 2 is 2.33 bits per heavy atom. The number of halogens is 1. The second-order valence-electron chi connectivity index (χ2n) is 2.68. The van der Waals surface area contributed by atoms with Crippen LogP contribution in [0.4, 0.5) is 0 Å². The van der Waals surface area contributed by atoms with Crippen LogP contribution in [0, 0.1) is 0 Å². The molecule has 0 unspecified atom stereocenters. The van der Waals surface area contributed by atoms with Gasteiger partial charge in [0, 0.05) is 10.5 Å². The molecule has 2 nitrogen and oxygen atoms in total. The highest BCUT2D eigenvalue weighted by Crippen LogP contribution is 2.19. The van der Waals surface area contributed by atoms with E-state index in [1.807, 2.05) is 12.1 Å². The van der Waals surface area contributed by atoms with E-state index in [0.29, 0.717) is 0 Å². The van der Waals surface area contributed by atoms with Crippen LogP contribution in [0.5, 0.6) is 0 Å². The molecule has 1 aromatic carbocycles. The van der Waals surface area contributed by atoms with E-state index in [-0.39, 0.29) is 6.04 Å². The zero-order valence-corrected chi connectivity index (χ0v) is 8.64. The third-order valence-electron chi connectivity index (χ3n) is 1.86. The van der Waals surface area contributed by atoms with Gasteiger partial charge in [0.1, 0.15) is 0 Å². The van der Waals surface area contributed by atoms with Gasteiger partial charge in [-0.1, -0.05) is 35.0 Å². The number of benzene rings is 1. The Kier molecular flexibility index (Phi) is 3.72. The normalized spacial score (nSPS) is 12.9. The molecule has 0 aromatic heterocycles. The summed E-state index contributed by atoms with van der Waals surface area (Å²) in [5.74, 6) is 5.40. The first kappa shape index (κ1) is 9.71. The van der Waals surface area contributed by atoms with Gasteiger partial charge in [0.25, 0.3) is 0 Å². The molecule has 0 aliphatic heterocycles. The lowest BCUT2D eigenvalue weighted by atomic mass is 10.1. The summed E-state index contributed by atoms with van der Waals surface area (Å²) in [6, 6.07) is 8.42. The molecule has 0 saturated heterocycles. The van der Waals surface area contributed by atoms with Gasteiger partial charge in [-0.15, -0.1) is 0 Å². The van der Waals surface area contributed by atoms with Gasteiger partial charge in [-0.2, -0.15) is 0 Å². The zero-order valence-electron chi connectivity index (χ0n) is 7.05. The number of rotatable bonds is 3. The van der Waals surface area contributed by atoms with E-state index in [1.165, 1.54) is 5.56 Å². The molecule has 0 saturated carbocycles. The summed E-state index contributed by atoms with van der Waals surface area (Å²) in [7, 11) is 0. The van der Waals surface area contributed by atoms with Crippen LogP contribution in [0.15, 0.2) is 28.7 Å². The Morgan fingerprint density at radius 1 is 1.58 bits per heavy atom. The molecule has 12 heavy (non-hydrogen) atoms. The fourth-order valence-corrected chi connectivity index (χ4v) is 1.59. The van der Waals surface area contributed by atoms with E-state index in [4.69, 9.17) is 5.84 Å². The summed E-state index contributed by atoms with van der Waals surface area (Å²) < 4.78 is 1.09. The Labute approximate surface area is 81.3 Å². The van der Waals surface area contributed by atoms with E-state index in [0.717, 1.165) is 10.9 Å². The van der Waals surface area contributed by atoms with Crippen molar-refractivity contribution in [1.29, 1.82) is 0 Å². The Balaban J connectivity index is 2.85. The van der Waals surface area contributed by atoms with Crippen LogP contribution >= 0.6 is 15.9 Å². The first-order chi connectivity index (χ1) is 5.77. The summed E-state index contributed by atoms with van der Waals surface area (Å²) in [4.78, 5) is 0. The largest absolute Gasteiger partial charge is 0.271 e. The summed E-state index contributed by atoms with van der Waals surface area (Å²) in [6.45, 7) is 2.10. The van der Waals surface area contributed by atoms with Gasteiger partial charge in [0.15, 0.2) is 0 Å². The lowest BCUT2D eigenvalue weighted by Crippen LogP contribution is -2.27. The molecular weight excluding hydrogens is 216 g/mol. The highest BCUT2D eigenvalue weighted by Gasteiger charge is 2.05. The molecule has 66 valence electrons. The molecule has 0 radical (unpaired) electrons. The van der Waals surface area contributed by atoms with E-state index < -0.39 is 0 Å². The maximum atomic E-state index is 5.40. The first-order valence-corrected chi connectivity index (χ1v) is 4.78. The SMILES string of the molecule is CC[C@H](NN)c1cccc(Br)c1. The number of hydrazine groups is 1. The van der Waals surface area contributed by atoms with Crippen molar-refractivity contribution < 1.29 is 0 Å². The van der Waals surface area contributed by atoms with Crippen molar-refractivity contribution in [3.8, 4) is 0 Å². The van der Waals surface area contributed by atoms with Crippen LogP contribution in [0.25, 0.3) is 0 Å². The van der Waals surface area contributed by atoms with Gasteiger partial charge >= 0.3 is 0 Å². The molecule has 1 atom stereocenters. The van der Waals surface area contributed by atoms with Crippen LogP contribution in [0.2, 0.25) is 0 Å². The van der Waals surface area contributed by atoms with E-state index in [1.54, 1.807) is 0 Å². The molecular formula is C9H13BrN2. The topological polar surface area (TPSA) is 38.0 Å². The average Bonchev–Trinajstić information content (AvgIpc) is 2.07. The predicted octanol–water partition coefficient (Wildman–Crippen LogP) is 2.36. The number of hydrogen-bond donors (Lipinski definition) is 2. The van der Waals surface area contributed by atoms with Gasteiger partial charge in [0.05, 0.1) is 0 Å². The molecule has 0 bridgehead atoms. The van der Waals surface area contributed by atoms with E-state index in [9.17, 15) is 0 Å². The minimum Gasteiger partial charge on any atom is -0.271 e. The monoisotopic (exact) mass is 228 g/mol. The second-order valence-corrected chi connectivity index (χ2v) is 3.60. The highest BCUT2D eigenvalue weighted by atomic mass is 79.9. The minimum absolute atomic E-state index is 0.252. The van der Waals surface area contributed by atoms with Gasteiger partial charge in [0.2, 0.25) is 0 Å². The summed E-state index contributed by atoms with van der Waals surface area (Å²) in [5, 5.41) is 0. The van der Waals surface area contributed by atoms with Crippen molar-refractivity contribution in [2.45, 2.75) is 19.4 Å². The summed E-state index contributed by atoms with van der Waals surface area (Å²) in [6.07, 6.45) is 0.993. The Bertz CT molecular complexity index is 246. The molecule has 3 N–H and O–H groups in total. The lowest BCUT2D eigenvalue weighted by Gasteiger charge is -2.13. The zero-order chi connectivity index (χ0) is 8.97. The van der Waals surface area contributed by atoms with Crippen molar-refractivity contribution in [3.63, 3.8) is 0 Å². The minimum atomic E-state index is 0.252. The van der Waals surface area contributed by atoms with Gasteiger partial charge in [-0.3, -0.25) is 11.3 Å². The molecule has 0 fully saturated rings. The summed E-state index contributed by atoms with van der Waals surface area (Å²) in [5.41, 5.74) is 3.99. The maximum absolute atomic E-state index is 5.40. The van der Waals surface area contributed by atoms with Crippen molar-refractivity contribution in [3.05, 3.63) is 34.3 Å². The summed E-state index contributed by atoms with van der Waals surface area (Å²) >= 11 is 3.42. The fourth-order valence-electron chi connectivity index (χ4n) is 1.17. The predicted molar refractivity (Wildman–Crippen MR) is 54.5 cm³/mol. The van der Waals surface area contributed by atoms with Crippen LogP contribution in [0.1, 0.15) is 24.9 Å².